The van der Waals surface area contributed by atoms with Gasteiger partial charge >= 0.3 is 5.97 Å². The van der Waals surface area contributed by atoms with Crippen LogP contribution in [0, 0.1) is 0 Å². The predicted octanol–water partition coefficient (Wildman–Crippen LogP) is 2.81. The number of nitrogens with one attached hydrogen (secondary N) is 2. The first-order chi connectivity index (χ1) is 13.5. The van der Waals surface area contributed by atoms with Crippen molar-refractivity contribution >= 4 is 27.6 Å². The summed E-state index contributed by atoms with van der Waals surface area (Å²) >= 11 is 0. The van der Waals surface area contributed by atoms with Crippen molar-refractivity contribution in [3.05, 3.63) is 53.6 Å². The van der Waals surface area contributed by atoms with Crippen LogP contribution in [0.5, 0.6) is 5.75 Å². The fourth-order valence-corrected chi connectivity index (χ4v) is 3.90. The second kappa shape index (κ2) is 8.62. The number of rotatable bonds is 6. The van der Waals surface area contributed by atoms with Crippen LogP contribution in [0.3, 0.4) is 0 Å². The Morgan fingerprint density at radius 3 is 2.10 bits per heavy atom. The lowest BCUT2D eigenvalue weighted by atomic mass is 10.1. The van der Waals surface area contributed by atoms with Crippen LogP contribution in [0.4, 0.5) is 5.69 Å². The molecule has 8 nitrogen and oxygen atoms in total. The first kappa shape index (κ1) is 22.4. The molecule has 0 aliphatic heterocycles. The summed E-state index contributed by atoms with van der Waals surface area (Å²) in [5.41, 5.74) is -0.0260. The van der Waals surface area contributed by atoms with Crippen LogP contribution in [0.1, 0.15) is 41.5 Å². The highest BCUT2D eigenvalue weighted by Gasteiger charge is 2.22. The number of esters is 1. The fourth-order valence-electron chi connectivity index (χ4n) is 2.48. The van der Waals surface area contributed by atoms with E-state index >= 15 is 0 Å². The van der Waals surface area contributed by atoms with Crippen molar-refractivity contribution in [2.45, 2.75) is 31.2 Å². The minimum atomic E-state index is -3.71. The van der Waals surface area contributed by atoms with Gasteiger partial charge in [0.25, 0.3) is 5.91 Å². The van der Waals surface area contributed by atoms with Crippen molar-refractivity contribution in [1.82, 2.24) is 4.72 Å². The summed E-state index contributed by atoms with van der Waals surface area (Å²) < 4.78 is 37.1. The van der Waals surface area contributed by atoms with Gasteiger partial charge in [-0.05, 0) is 63.2 Å². The molecule has 9 heteroatoms. The predicted molar refractivity (Wildman–Crippen MR) is 109 cm³/mol. The first-order valence-electron chi connectivity index (χ1n) is 8.68. The Morgan fingerprint density at radius 2 is 1.59 bits per heavy atom. The fraction of sp³-hybridized carbons (Fsp3) is 0.300. The van der Waals surface area contributed by atoms with E-state index in [-0.39, 0.29) is 21.7 Å². The lowest BCUT2D eigenvalue weighted by molar-refractivity contribution is 0.0601. The average molecular weight is 420 g/mol. The Labute approximate surface area is 170 Å². The number of sulfonamides is 1. The molecule has 0 aliphatic rings. The van der Waals surface area contributed by atoms with Crippen molar-refractivity contribution < 1.29 is 27.5 Å². The van der Waals surface area contributed by atoms with Crippen LogP contribution in [-0.2, 0) is 14.8 Å². The molecule has 2 N–H and O–H groups in total. The number of methoxy groups -OCH3 is 2. The summed E-state index contributed by atoms with van der Waals surface area (Å²) in [4.78, 5) is 24.6. The van der Waals surface area contributed by atoms with Crippen LogP contribution in [-0.4, -0.2) is 40.1 Å². The van der Waals surface area contributed by atoms with E-state index in [1.54, 1.807) is 26.8 Å². The Hall–Kier alpha value is -2.91. The Kier molecular flexibility index (Phi) is 6.66. The molecule has 29 heavy (non-hydrogen) atoms. The SMILES string of the molecule is COC(=O)c1cc(OC)ccc1NC(=O)c1ccc(S(=O)(=O)NC(C)(C)C)cc1. The van der Waals surface area contributed by atoms with Crippen molar-refractivity contribution in [3.63, 3.8) is 0 Å². The number of ether oxygens (including phenoxy) is 2. The number of carbonyl (C=O) groups is 2. The summed E-state index contributed by atoms with van der Waals surface area (Å²) in [7, 11) is -1.01. The van der Waals surface area contributed by atoms with E-state index in [2.05, 4.69) is 10.0 Å². The van der Waals surface area contributed by atoms with E-state index in [1.165, 1.54) is 50.6 Å². The number of amides is 1. The van der Waals surface area contributed by atoms with Crippen LogP contribution >= 0.6 is 0 Å². The van der Waals surface area contributed by atoms with Crippen LogP contribution in [0.15, 0.2) is 47.4 Å². The smallest absolute Gasteiger partial charge is 0.340 e. The summed E-state index contributed by atoms with van der Waals surface area (Å²) in [6.07, 6.45) is 0. The van der Waals surface area contributed by atoms with Crippen molar-refractivity contribution in [3.8, 4) is 5.75 Å². The Morgan fingerprint density at radius 1 is 0.966 bits per heavy atom. The normalized spacial score (nSPS) is 11.6. The zero-order chi connectivity index (χ0) is 21.8. The third-order valence-electron chi connectivity index (χ3n) is 3.75. The number of carbonyl (C=O) groups excluding carboxylic acids is 2. The molecule has 0 bridgehead atoms. The van der Waals surface area contributed by atoms with E-state index in [1.807, 2.05) is 0 Å². The summed E-state index contributed by atoms with van der Waals surface area (Å²) in [5.74, 6) is -0.703. The highest BCUT2D eigenvalue weighted by molar-refractivity contribution is 7.89. The molecule has 0 heterocycles. The van der Waals surface area contributed by atoms with Gasteiger partial charge in [-0.15, -0.1) is 0 Å². The van der Waals surface area contributed by atoms with Gasteiger partial charge in [0.1, 0.15) is 5.75 Å². The van der Waals surface area contributed by atoms with Gasteiger partial charge in [0.05, 0.1) is 30.4 Å². The largest absolute Gasteiger partial charge is 0.497 e. The van der Waals surface area contributed by atoms with Crippen LogP contribution in [0.2, 0.25) is 0 Å². The third kappa shape index (κ3) is 5.78. The number of benzene rings is 2. The lowest BCUT2D eigenvalue weighted by Crippen LogP contribution is -2.40. The molecule has 156 valence electrons. The van der Waals surface area contributed by atoms with Gasteiger partial charge in [0.15, 0.2) is 0 Å². The number of hydrogen-bond donors (Lipinski definition) is 2. The lowest BCUT2D eigenvalue weighted by Gasteiger charge is -2.20. The van der Waals surface area contributed by atoms with E-state index in [0.29, 0.717) is 5.75 Å². The maximum Gasteiger partial charge on any atom is 0.340 e. The first-order valence-corrected chi connectivity index (χ1v) is 10.2. The molecule has 0 saturated carbocycles. The third-order valence-corrected chi connectivity index (χ3v) is 5.52. The maximum atomic E-state index is 12.6. The monoisotopic (exact) mass is 420 g/mol. The Bertz CT molecular complexity index is 1010. The summed E-state index contributed by atoms with van der Waals surface area (Å²) in [6.45, 7) is 5.21. The maximum absolute atomic E-state index is 12.6. The summed E-state index contributed by atoms with van der Waals surface area (Å²) in [5, 5.41) is 2.63. The van der Waals surface area contributed by atoms with E-state index < -0.39 is 27.4 Å². The second-order valence-electron chi connectivity index (χ2n) is 7.24. The highest BCUT2D eigenvalue weighted by atomic mass is 32.2. The van der Waals surface area contributed by atoms with Crippen molar-refractivity contribution in [2.24, 2.45) is 0 Å². The Balaban J connectivity index is 2.25. The van der Waals surface area contributed by atoms with Gasteiger partial charge in [-0.3, -0.25) is 4.79 Å². The molecule has 0 unspecified atom stereocenters. The molecule has 0 saturated heterocycles. The van der Waals surface area contributed by atoms with Crippen LogP contribution in [0.25, 0.3) is 0 Å². The van der Waals surface area contributed by atoms with Crippen LogP contribution < -0.4 is 14.8 Å². The highest BCUT2D eigenvalue weighted by Crippen LogP contribution is 2.24. The summed E-state index contributed by atoms with van der Waals surface area (Å²) in [6, 6.07) is 10.1. The topological polar surface area (TPSA) is 111 Å². The molecule has 1 amide bonds. The van der Waals surface area contributed by atoms with E-state index in [4.69, 9.17) is 9.47 Å². The number of anilines is 1. The molecule has 2 rings (SSSR count). The van der Waals surface area contributed by atoms with Crippen molar-refractivity contribution in [2.75, 3.05) is 19.5 Å². The molecular weight excluding hydrogens is 396 g/mol. The van der Waals surface area contributed by atoms with Gasteiger partial charge in [-0.2, -0.15) is 0 Å². The van der Waals surface area contributed by atoms with Gasteiger partial charge in [0.2, 0.25) is 10.0 Å². The minimum absolute atomic E-state index is 0.0451. The van der Waals surface area contributed by atoms with Gasteiger partial charge < -0.3 is 14.8 Å². The average Bonchev–Trinajstić information content (AvgIpc) is 2.66. The van der Waals surface area contributed by atoms with E-state index in [0.717, 1.165) is 0 Å². The molecule has 0 fully saturated rings. The molecule has 0 atom stereocenters. The minimum Gasteiger partial charge on any atom is -0.497 e. The molecule has 0 radical (unpaired) electrons. The second-order valence-corrected chi connectivity index (χ2v) is 8.92. The van der Waals surface area contributed by atoms with Crippen molar-refractivity contribution in [1.29, 1.82) is 0 Å². The molecule has 2 aromatic carbocycles. The molecule has 0 aliphatic carbocycles. The van der Waals surface area contributed by atoms with Gasteiger partial charge in [0, 0.05) is 11.1 Å². The molecular formula is C20H24N2O6S. The standard InChI is InChI=1S/C20H24N2O6S/c1-20(2,3)22-29(25,26)15-9-6-13(7-10-15)18(23)21-17-11-8-14(27-4)12-16(17)19(24)28-5/h6-12,22H,1-5H3,(H,21,23). The zero-order valence-electron chi connectivity index (χ0n) is 16.9. The number of hydrogen-bond acceptors (Lipinski definition) is 6. The molecule has 2 aromatic rings. The molecule has 0 aromatic heterocycles. The molecule has 0 spiro atoms. The van der Waals surface area contributed by atoms with Gasteiger partial charge in [-0.1, -0.05) is 0 Å². The quantitative estimate of drug-likeness (QED) is 0.695. The van der Waals surface area contributed by atoms with Gasteiger partial charge in [-0.25, -0.2) is 17.9 Å². The zero-order valence-corrected chi connectivity index (χ0v) is 17.7. The van der Waals surface area contributed by atoms with E-state index in [9.17, 15) is 18.0 Å².